The minimum Gasteiger partial charge on any atom is -0.379 e. The Labute approximate surface area is 182 Å². The second-order valence-corrected chi connectivity index (χ2v) is 7.85. The number of hydrogen-bond donors (Lipinski definition) is 1. The average Bonchev–Trinajstić information content (AvgIpc) is 2.78. The Morgan fingerprint density at radius 3 is 2.35 bits per heavy atom. The van der Waals surface area contributed by atoms with Crippen molar-refractivity contribution in [2.45, 2.75) is 38.1 Å². The molecule has 3 rings (SSSR count). The molecular weight excluding hydrogens is 409 g/mol. The fourth-order valence-electron chi connectivity index (χ4n) is 4.23. The Hall–Kier alpha value is -1.84. The van der Waals surface area contributed by atoms with Crippen molar-refractivity contribution in [3.05, 3.63) is 35.4 Å². The zero-order valence-electron chi connectivity index (χ0n) is 18.3. The van der Waals surface area contributed by atoms with E-state index in [9.17, 15) is 13.2 Å². The fourth-order valence-corrected chi connectivity index (χ4v) is 4.23. The van der Waals surface area contributed by atoms with Gasteiger partial charge in [0.2, 0.25) is 0 Å². The lowest BCUT2D eigenvalue weighted by Crippen LogP contribution is -2.50. The lowest BCUT2D eigenvalue weighted by molar-refractivity contribution is -0.137. The van der Waals surface area contributed by atoms with Crippen molar-refractivity contribution in [2.75, 3.05) is 59.6 Å². The molecule has 0 aromatic heterocycles. The number of guanidine groups is 1. The summed E-state index contributed by atoms with van der Waals surface area (Å²) in [5, 5.41) is 3.46. The molecule has 0 bridgehead atoms. The summed E-state index contributed by atoms with van der Waals surface area (Å²) in [5.41, 5.74) is 0.228. The average molecular weight is 443 g/mol. The number of alkyl halides is 3. The van der Waals surface area contributed by atoms with E-state index >= 15 is 0 Å². The van der Waals surface area contributed by atoms with Crippen LogP contribution in [0.5, 0.6) is 0 Å². The van der Waals surface area contributed by atoms with Gasteiger partial charge in [-0.25, -0.2) is 0 Å². The minimum absolute atomic E-state index is 0.0658. The van der Waals surface area contributed by atoms with Crippen LogP contribution in [-0.2, 0) is 15.7 Å². The molecule has 1 N–H and O–H groups in total. The smallest absolute Gasteiger partial charge is 0.379 e. The first-order valence-electron chi connectivity index (χ1n) is 11.0. The van der Waals surface area contributed by atoms with Gasteiger partial charge in [-0.05, 0) is 37.5 Å². The van der Waals surface area contributed by atoms with Gasteiger partial charge >= 0.3 is 6.18 Å². The standard InChI is InChI=1S/C22H33F3N4O2/c1-3-31-19-8-10-29(11-9-19)21(26-2)27-16-20(28-12-14-30-15-13-28)17-4-6-18(7-5-17)22(23,24)25/h4-7,19-20H,3,8-16H2,1-2H3,(H,26,27). The molecule has 0 amide bonds. The quantitative estimate of drug-likeness (QED) is 0.542. The molecule has 1 aromatic rings. The maximum absolute atomic E-state index is 13.0. The van der Waals surface area contributed by atoms with Gasteiger partial charge in [0.05, 0.1) is 30.9 Å². The molecular formula is C22H33F3N4O2. The monoisotopic (exact) mass is 442 g/mol. The van der Waals surface area contributed by atoms with E-state index in [1.165, 1.54) is 0 Å². The van der Waals surface area contributed by atoms with Crippen LogP contribution in [0.4, 0.5) is 13.2 Å². The second kappa shape index (κ2) is 11.2. The molecule has 9 heteroatoms. The SMILES string of the molecule is CCOC1CCN(C(=NC)NCC(c2ccc(C(F)(F)F)cc2)N2CCOCC2)CC1. The third-order valence-corrected chi connectivity index (χ3v) is 5.92. The zero-order valence-corrected chi connectivity index (χ0v) is 18.3. The van der Waals surface area contributed by atoms with E-state index in [1.54, 1.807) is 19.2 Å². The molecule has 0 aliphatic carbocycles. The van der Waals surface area contributed by atoms with Crippen molar-refractivity contribution < 1.29 is 22.6 Å². The van der Waals surface area contributed by atoms with Gasteiger partial charge in [0, 0.05) is 46.4 Å². The third-order valence-electron chi connectivity index (χ3n) is 5.92. The van der Waals surface area contributed by atoms with Crippen molar-refractivity contribution >= 4 is 5.96 Å². The number of piperidine rings is 1. The lowest BCUT2D eigenvalue weighted by Gasteiger charge is -2.37. The molecule has 1 unspecified atom stereocenters. The molecule has 174 valence electrons. The number of morpholine rings is 1. The topological polar surface area (TPSA) is 49.3 Å². The van der Waals surface area contributed by atoms with Gasteiger partial charge in [0.25, 0.3) is 0 Å². The van der Waals surface area contributed by atoms with Crippen LogP contribution in [0.15, 0.2) is 29.3 Å². The van der Waals surface area contributed by atoms with Crippen LogP contribution in [0, 0.1) is 0 Å². The molecule has 1 atom stereocenters. The van der Waals surface area contributed by atoms with Gasteiger partial charge < -0.3 is 19.7 Å². The van der Waals surface area contributed by atoms with Crippen LogP contribution in [-0.4, -0.2) is 81.5 Å². The van der Waals surface area contributed by atoms with E-state index in [1.807, 2.05) is 6.92 Å². The molecule has 2 aliphatic heterocycles. The fraction of sp³-hybridized carbons (Fsp3) is 0.682. The van der Waals surface area contributed by atoms with Gasteiger partial charge in [-0.3, -0.25) is 9.89 Å². The Morgan fingerprint density at radius 1 is 1.16 bits per heavy atom. The Kier molecular flexibility index (Phi) is 8.57. The summed E-state index contributed by atoms with van der Waals surface area (Å²) in [6.07, 6.45) is -2.12. The minimum atomic E-state index is -4.33. The summed E-state index contributed by atoms with van der Waals surface area (Å²) in [7, 11) is 1.76. The number of ether oxygens (including phenoxy) is 2. The summed E-state index contributed by atoms with van der Waals surface area (Å²) < 4.78 is 50.2. The molecule has 0 radical (unpaired) electrons. The molecule has 31 heavy (non-hydrogen) atoms. The largest absolute Gasteiger partial charge is 0.416 e. The second-order valence-electron chi connectivity index (χ2n) is 7.85. The summed E-state index contributed by atoms with van der Waals surface area (Å²) >= 11 is 0. The Morgan fingerprint density at radius 2 is 1.81 bits per heavy atom. The molecule has 0 spiro atoms. The number of rotatable bonds is 6. The van der Waals surface area contributed by atoms with Crippen LogP contribution in [0.25, 0.3) is 0 Å². The van der Waals surface area contributed by atoms with Crippen molar-refractivity contribution in [3.8, 4) is 0 Å². The van der Waals surface area contributed by atoms with Crippen LogP contribution < -0.4 is 5.32 Å². The molecule has 2 aliphatic rings. The maximum atomic E-state index is 13.0. The number of nitrogens with one attached hydrogen (secondary N) is 1. The Bertz CT molecular complexity index is 698. The highest BCUT2D eigenvalue weighted by Crippen LogP contribution is 2.31. The first-order valence-corrected chi connectivity index (χ1v) is 11.0. The Balaban J connectivity index is 1.67. The van der Waals surface area contributed by atoms with Crippen molar-refractivity contribution in [3.63, 3.8) is 0 Å². The van der Waals surface area contributed by atoms with Gasteiger partial charge in [0.15, 0.2) is 5.96 Å². The molecule has 2 fully saturated rings. The van der Waals surface area contributed by atoms with Crippen LogP contribution in [0.1, 0.15) is 36.9 Å². The number of hydrogen-bond acceptors (Lipinski definition) is 4. The highest BCUT2D eigenvalue weighted by atomic mass is 19.4. The molecule has 1 aromatic carbocycles. The van der Waals surface area contributed by atoms with Crippen molar-refractivity contribution in [1.29, 1.82) is 0 Å². The van der Waals surface area contributed by atoms with Crippen LogP contribution in [0.2, 0.25) is 0 Å². The number of nitrogens with zero attached hydrogens (tertiary/aromatic N) is 3. The maximum Gasteiger partial charge on any atom is 0.416 e. The van der Waals surface area contributed by atoms with Gasteiger partial charge in [-0.2, -0.15) is 13.2 Å². The zero-order chi connectivity index (χ0) is 22.3. The number of likely N-dealkylation sites (tertiary alicyclic amines) is 1. The number of benzene rings is 1. The first-order chi connectivity index (χ1) is 14.9. The summed E-state index contributed by atoms with van der Waals surface area (Å²) in [6.45, 7) is 7.76. The third kappa shape index (κ3) is 6.57. The molecule has 2 saturated heterocycles. The van der Waals surface area contributed by atoms with E-state index in [2.05, 4.69) is 20.1 Å². The van der Waals surface area contributed by atoms with Gasteiger partial charge in [-0.1, -0.05) is 12.1 Å². The lowest BCUT2D eigenvalue weighted by atomic mass is 10.0. The normalized spacial score (nSPS) is 20.7. The predicted octanol–water partition coefficient (Wildman–Crippen LogP) is 3.16. The summed E-state index contributed by atoms with van der Waals surface area (Å²) in [5.74, 6) is 0.820. The van der Waals surface area contributed by atoms with Gasteiger partial charge in [-0.15, -0.1) is 0 Å². The van der Waals surface area contributed by atoms with Crippen molar-refractivity contribution in [2.24, 2.45) is 4.99 Å². The van der Waals surface area contributed by atoms with Crippen LogP contribution in [0.3, 0.4) is 0 Å². The van der Waals surface area contributed by atoms with E-state index in [0.29, 0.717) is 25.9 Å². The van der Waals surface area contributed by atoms with Crippen LogP contribution >= 0.6 is 0 Å². The summed E-state index contributed by atoms with van der Waals surface area (Å²) in [6, 6.07) is 5.43. The predicted molar refractivity (Wildman–Crippen MR) is 114 cm³/mol. The summed E-state index contributed by atoms with van der Waals surface area (Å²) in [4.78, 5) is 8.92. The molecule has 2 heterocycles. The number of aliphatic imine (C=N–C) groups is 1. The van der Waals surface area contributed by atoms with E-state index in [0.717, 1.165) is 69.3 Å². The van der Waals surface area contributed by atoms with E-state index in [4.69, 9.17) is 9.47 Å². The molecule has 6 nitrogen and oxygen atoms in total. The molecule has 0 saturated carbocycles. The number of halogens is 3. The van der Waals surface area contributed by atoms with E-state index in [-0.39, 0.29) is 6.04 Å². The van der Waals surface area contributed by atoms with E-state index < -0.39 is 11.7 Å². The van der Waals surface area contributed by atoms with Gasteiger partial charge in [0.1, 0.15) is 0 Å². The highest BCUT2D eigenvalue weighted by molar-refractivity contribution is 5.80. The highest BCUT2D eigenvalue weighted by Gasteiger charge is 2.31. The first kappa shape index (κ1) is 23.8. The van der Waals surface area contributed by atoms with Crippen molar-refractivity contribution in [1.82, 2.24) is 15.1 Å².